The molecule has 3 aromatic rings. The lowest BCUT2D eigenvalue weighted by atomic mass is 10.1. The Labute approximate surface area is 224 Å². The first-order chi connectivity index (χ1) is 18.0. The Kier molecular flexibility index (Phi) is 9.63. The second-order valence-electron chi connectivity index (χ2n) is 9.63. The van der Waals surface area contributed by atoms with Crippen LogP contribution < -0.4 is 9.62 Å². The number of rotatable bonds is 11. The van der Waals surface area contributed by atoms with Gasteiger partial charge in [-0.1, -0.05) is 61.9 Å². The summed E-state index contributed by atoms with van der Waals surface area (Å²) in [7, 11) is -4.23. The number of para-hydroxylation sites is 1. The van der Waals surface area contributed by atoms with Crippen LogP contribution in [-0.4, -0.2) is 44.3 Å². The topological polar surface area (TPSA) is 86.8 Å². The number of nitrogens with one attached hydrogen (secondary N) is 1. The van der Waals surface area contributed by atoms with E-state index in [2.05, 4.69) is 5.32 Å². The number of nitrogens with zero attached hydrogens (tertiary/aromatic N) is 2. The van der Waals surface area contributed by atoms with Crippen molar-refractivity contribution in [2.75, 3.05) is 17.4 Å². The highest BCUT2D eigenvalue weighted by molar-refractivity contribution is 7.92. The predicted molar refractivity (Wildman–Crippen MR) is 146 cm³/mol. The Bertz CT molecular complexity index is 1350. The van der Waals surface area contributed by atoms with Crippen molar-refractivity contribution < 1.29 is 22.4 Å². The van der Waals surface area contributed by atoms with E-state index in [1.165, 1.54) is 4.90 Å². The van der Waals surface area contributed by atoms with E-state index in [0.717, 1.165) is 39.7 Å². The van der Waals surface area contributed by atoms with Gasteiger partial charge in [0.05, 0.1) is 10.6 Å². The van der Waals surface area contributed by atoms with Crippen LogP contribution in [-0.2, 0) is 26.2 Å². The molecule has 3 aromatic carbocycles. The first-order valence-corrected chi connectivity index (χ1v) is 13.9. The fourth-order valence-electron chi connectivity index (χ4n) is 3.90. The summed E-state index contributed by atoms with van der Waals surface area (Å²) < 4.78 is 41.8. The maximum atomic E-state index is 13.8. The third kappa shape index (κ3) is 7.41. The quantitative estimate of drug-likeness (QED) is 0.388. The van der Waals surface area contributed by atoms with E-state index in [1.807, 2.05) is 45.0 Å². The lowest BCUT2D eigenvalue weighted by Crippen LogP contribution is -2.51. The lowest BCUT2D eigenvalue weighted by Gasteiger charge is -2.32. The van der Waals surface area contributed by atoms with Crippen LogP contribution >= 0.6 is 0 Å². The summed E-state index contributed by atoms with van der Waals surface area (Å²) in [6, 6.07) is 19.4. The van der Waals surface area contributed by atoms with Gasteiger partial charge in [0.15, 0.2) is 0 Å². The summed E-state index contributed by atoms with van der Waals surface area (Å²) in [5.41, 5.74) is 2.09. The fraction of sp³-hybridized carbons (Fsp3) is 0.310. The molecule has 0 aromatic heterocycles. The van der Waals surface area contributed by atoms with Gasteiger partial charge in [-0.2, -0.15) is 0 Å². The van der Waals surface area contributed by atoms with E-state index in [1.54, 1.807) is 37.3 Å². The van der Waals surface area contributed by atoms with Gasteiger partial charge in [0.1, 0.15) is 18.4 Å². The smallest absolute Gasteiger partial charge is 0.264 e. The van der Waals surface area contributed by atoms with E-state index in [-0.39, 0.29) is 29.0 Å². The molecule has 0 fully saturated rings. The van der Waals surface area contributed by atoms with Gasteiger partial charge < -0.3 is 10.2 Å². The normalized spacial score (nSPS) is 12.2. The summed E-state index contributed by atoms with van der Waals surface area (Å²) in [5, 5.41) is 2.86. The highest BCUT2D eigenvalue weighted by Gasteiger charge is 2.32. The van der Waals surface area contributed by atoms with E-state index in [9.17, 15) is 22.4 Å². The monoisotopic (exact) mass is 539 g/mol. The van der Waals surface area contributed by atoms with Gasteiger partial charge in [-0.05, 0) is 61.7 Å². The molecular weight excluding hydrogens is 505 g/mol. The van der Waals surface area contributed by atoms with Crippen molar-refractivity contribution in [1.29, 1.82) is 0 Å². The maximum Gasteiger partial charge on any atom is 0.264 e. The third-order valence-corrected chi connectivity index (χ3v) is 7.80. The lowest BCUT2D eigenvalue weighted by molar-refractivity contribution is -0.139. The van der Waals surface area contributed by atoms with Crippen molar-refractivity contribution in [3.05, 3.63) is 95.8 Å². The van der Waals surface area contributed by atoms with E-state index in [4.69, 9.17) is 0 Å². The zero-order chi connectivity index (χ0) is 27.9. The standard InChI is InChI=1S/C29H34FN3O4S/c1-21(2)18-31-29(35)23(4)32(19-24-10-8-9-22(3)17-24)28(34)20-33(26-11-6-5-7-12-26)38(36,37)27-15-13-25(30)14-16-27/h5-17,21,23H,18-20H2,1-4H3,(H,31,35)/t23-/m0/s1. The van der Waals surface area contributed by atoms with Crippen molar-refractivity contribution in [3.63, 3.8) is 0 Å². The Balaban J connectivity index is 1.98. The Morgan fingerprint density at radius 2 is 1.58 bits per heavy atom. The van der Waals surface area contributed by atoms with E-state index < -0.39 is 34.3 Å². The second-order valence-corrected chi connectivity index (χ2v) is 11.5. The second kappa shape index (κ2) is 12.7. The van der Waals surface area contributed by atoms with Gasteiger partial charge in [0.2, 0.25) is 11.8 Å². The van der Waals surface area contributed by atoms with E-state index >= 15 is 0 Å². The molecule has 1 N–H and O–H groups in total. The Morgan fingerprint density at radius 1 is 0.921 bits per heavy atom. The van der Waals surface area contributed by atoms with E-state index in [0.29, 0.717) is 6.54 Å². The number of benzene rings is 3. The average Bonchev–Trinajstić information content (AvgIpc) is 2.89. The van der Waals surface area contributed by atoms with Crippen LogP contribution in [0.4, 0.5) is 10.1 Å². The van der Waals surface area contributed by atoms with Crippen LogP contribution in [0.15, 0.2) is 83.8 Å². The van der Waals surface area contributed by atoms with Crippen LogP contribution in [0.5, 0.6) is 0 Å². The molecule has 0 radical (unpaired) electrons. The number of aryl methyl sites for hydroxylation is 1. The number of anilines is 1. The minimum atomic E-state index is -4.23. The molecule has 9 heteroatoms. The number of hydrogen-bond donors (Lipinski definition) is 1. The van der Waals surface area contributed by atoms with Crippen molar-refractivity contribution >= 4 is 27.5 Å². The average molecular weight is 540 g/mol. The molecule has 0 aliphatic heterocycles. The number of hydrogen-bond acceptors (Lipinski definition) is 4. The van der Waals surface area contributed by atoms with Crippen LogP contribution in [0.1, 0.15) is 31.9 Å². The fourth-order valence-corrected chi connectivity index (χ4v) is 5.31. The van der Waals surface area contributed by atoms with Crippen LogP contribution in [0.25, 0.3) is 0 Å². The predicted octanol–water partition coefficient (Wildman–Crippen LogP) is 4.52. The molecule has 0 saturated carbocycles. The van der Waals surface area contributed by atoms with Crippen molar-refractivity contribution in [3.8, 4) is 0 Å². The van der Waals surface area contributed by atoms with Crippen LogP contribution in [0.3, 0.4) is 0 Å². The Hall–Kier alpha value is -3.72. The summed E-state index contributed by atoms with van der Waals surface area (Å²) in [6.45, 7) is 7.53. The molecule has 0 spiro atoms. The summed E-state index contributed by atoms with van der Waals surface area (Å²) in [4.78, 5) is 28.0. The van der Waals surface area contributed by atoms with Crippen molar-refractivity contribution in [1.82, 2.24) is 10.2 Å². The van der Waals surface area contributed by atoms with Gasteiger partial charge in [-0.15, -0.1) is 0 Å². The van der Waals surface area contributed by atoms with Crippen LogP contribution in [0, 0.1) is 18.7 Å². The van der Waals surface area contributed by atoms with Gasteiger partial charge in [0.25, 0.3) is 10.0 Å². The number of amides is 2. The number of sulfonamides is 1. The highest BCUT2D eigenvalue weighted by Crippen LogP contribution is 2.24. The van der Waals surface area contributed by atoms with Gasteiger partial charge in [-0.25, -0.2) is 12.8 Å². The molecular formula is C29H34FN3O4S. The molecule has 0 heterocycles. The first kappa shape index (κ1) is 28.8. The minimum Gasteiger partial charge on any atom is -0.354 e. The summed E-state index contributed by atoms with van der Waals surface area (Å²) in [6.07, 6.45) is 0. The van der Waals surface area contributed by atoms with Gasteiger partial charge in [-0.3, -0.25) is 13.9 Å². The molecule has 0 aliphatic carbocycles. The minimum absolute atomic E-state index is 0.121. The zero-order valence-corrected chi connectivity index (χ0v) is 22.9. The molecule has 3 rings (SSSR count). The molecule has 0 bridgehead atoms. The maximum absolute atomic E-state index is 13.8. The molecule has 202 valence electrons. The largest absolute Gasteiger partial charge is 0.354 e. The Morgan fingerprint density at radius 3 is 2.18 bits per heavy atom. The van der Waals surface area contributed by atoms with Crippen molar-refractivity contribution in [2.45, 2.75) is 45.2 Å². The van der Waals surface area contributed by atoms with Gasteiger partial charge in [0, 0.05) is 13.1 Å². The number of halogens is 1. The number of carbonyl (C=O) groups excluding carboxylic acids is 2. The van der Waals surface area contributed by atoms with Gasteiger partial charge >= 0.3 is 0 Å². The SMILES string of the molecule is Cc1cccc(CN(C(=O)CN(c2ccccc2)S(=O)(=O)c2ccc(F)cc2)[C@@H](C)C(=O)NCC(C)C)c1. The molecule has 2 amide bonds. The molecule has 0 saturated heterocycles. The summed E-state index contributed by atoms with van der Waals surface area (Å²) >= 11 is 0. The van der Waals surface area contributed by atoms with Crippen LogP contribution in [0.2, 0.25) is 0 Å². The molecule has 1 atom stereocenters. The highest BCUT2D eigenvalue weighted by atomic mass is 32.2. The third-order valence-electron chi connectivity index (χ3n) is 6.01. The molecule has 0 aliphatic rings. The molecule has 0 unspecified atom stereocenters. The van der Waals surface area contributed by atoms with Crippen molar-refractivity contribution in [2.24, 2.45) is 5.92 Å². The first-order valence-electron chi connectivity index (χ1n) is 12.4. The number of carbonyl (C=O) groups is 2. The zero-order valence-electron chi connectivity index (χ0n) is 22.1. The molecule has 7 nitrogen and oxygen atoms in total. The summed E-state index contributed by atoms with van der Waals surface area (Å²) in [5.74, 6) is -1.22. The molecule has 38 heavy (non-hydrogen) atoms.